The molecular weight excluding hydrogens is 216 g/mol. The maximum atomic E-state index is 12.2. The summed E-state index contributed by atoms with van der Waals surface area (Å²) in [6.45, 7) is 11.5. The second-order valence-electron chi connectivity index (χ2n) is 5.29. The van der Waals surface area contributed by atoms with Gasteiger partial charge < -0.3 is 0 Å². The van der Waals surface area contributed by atoms with Crippen molar-refractivity contribution in [3.05, 3.63) is 32.6 Å². The van der Waals surface area contributed by atoms with Crippen LogP contribution in [0.1, 0.15) is 65.1 Å². The maximum absolute atomic E-state index is 12.2. The van der Waals surface area contributed by atoms with Crippen LogP contribution in [0.2, 0.25) is 0 Å². The molecule has 4 nitrogen and oxygen atoms in total. The Morgan fingerprint density at radius 3 is 1.82 bits per heavy atom. The first-order valence-corrected chi connectivity index (χ1v) is 6.15. The summed E-state index contributed by atoms with van der Waals surface area (Å²) in [6, 6.07) is -0.0516. The van der Waals surface area contributed by atoms with Gasteiger partial charge in [-0.3, -0.25) is 13.9 Å². The molecule has 0 aliphatic rings. The van der Waals surface area contributed by atoms with Crippen LogP contribution in [0.5, 0.6) is 0 Å². The second kappa shape index (κ2) is 4.90. The van der Waals surface area contributed by atoms with Crippen molar-refractivity contribution in [2.24, 2.45) is 0 Å². The van der Waals surface area contributed by atoms with Crippen molar-refractivity contribution in [3.8, 4) is 0 Å². The Balaban J connectivity index is 3.71. The largest absolute Gasteiger partial charge is 0.331 e. The summed E-state index contributed by atoms with van der Waals surface area (Å²) in [5.74, 6) is 0.123. The Bertz CT molecular complexity index is 467. The predicted molar refractivity (Wildman–Crippen MR) is 69.8 cm³/mol. The van der Waals surface area contributed by atoms with Crippen LogP contribution in [-0.2, 0) is 0 Å². The average molecular weight is 238 g/mol. The zero-order chi connectivity index (χ0) is 13.3. The third kappa shape index (κ3) is 2.51. The van der Waals surface area contributed by atoms with E-state index in [4.69, 9.17) is 0 Å². The molecular formula is C13H22N2O2. The molecule has 1 aromatic rings. The molecule has 0 aromatic carbocycles. The highest BCUT2D eigenvalue weighted by molar-refractivity contribution is 5.11. The first-order chi connectivity index (χ1) is 7.77. The van der Waals surface area contributed by atoms with Gasteiger partial charge in [-0.1, -0.05) is 13.8 Å². The van der Waals surface area contributed by atoms with Gasteiger partial charge in [0.25, 0.3) is 5.56 Å². The van der Waals surface area contributed by atoms with Gasteiger partial charge in [-0.05, 0) is 33.6 Å². The molecule has 0 bridgehead atoms. The molecule has 1 aromatic heterocycles. The van der Waals surface area contributed by atoms with Gasteiger partial charge in [0.05, 0.1) is 0 Å². The van der Waals surface area contributed by atoms with Gasteiger partial charge in [0.1, 0.15) is 0 Å². The van der Waals surface area contributed by atoms with E-state index in [0.717, 1.165) is 0 Å². The van der Waals surface area contributed by atoms with E-state index < -0.39 is 0 Å². The van der Waals surface area contributed by atoms with Crippen LogP contribution in [0, 0.1) is 0 Å². The molecule has 0 spiro atoms. The zero-order valence-electron chi connectivity index (χ0n) is 11.5. The standard InChI is InChI=1S/C13H22N2O2/c1-8(2)11-7-14(9(3)4)13(17)15(10(5)6)12(11)16/h7-10H,1-6H3. The average Bonchev–Trinajstić information content (AvgIpc) is 2.15. The molecule has 4 heteroatoms. The Hall–Kier alpha value is -1.32. The number of nitrogens with zero attached hydrogens (tertiary/aromatic N) is 2. The number of aromatic nitrogens is 2. The molecule has 0 fully saturated rings. The van der Waals surface area contributed by atoms with Crippen LogP contribution in [0.3, 0.4) is 0 Å². The molecule has 17 heavy (non-hydrogen) atoms. The van der Waals surface area contributed by atoms with E-state index in [1.165, 1.54) is 4.57 Å². The fraction of sp³-hybridized carbons (Fsp3) is 0.692. The third-order valence-corrected chi connectivity index (χ3v) is 2.87. The van der Waals surface area contributed by atoms with Crippen molar-refractivity contribution in [2.75, 3.05) is 0 Å². The molecule has 0 aliphatic heterocycles. The summed E-state index contributed by atoms with van der Waals surface area (Å²) >= 11 is 0. The van der Waals surface area contributed by atoms with Gasteiger partial charge in [-0.25, -0.2) is 4.79 Å². The molecule has 0 amide bonds. The Morgan fingerprint density at radius 1 is 0.941 bits per heavy atom. The quantitative estimate of drug-likeness (QED) is 0.811. The number of hydrogen-bond acceptors (Lipinski definition) is 2. The van der Waals surface area contributed by atoms with Crippen LogP contribution in [-0.4, -0.2) is 9.13 Å². The SMILES string of the molecule is CC(C)c1cn(C(C)C)c(=O)n(C(C)C)c1=O. The minimum atomic E-state index is -0.218. The number of rotatable bonds is 3. The summed E-state index contributed by atoms with van der Waals surface area (Å²) in [5.41, 5.74) is 0.327. The van der Waals surface area contributed by atoms with Gasteiger partial charge in [0.2, 0.25) is 0 Å². The van der Waals surface area contributed by atoms with Crippen molar-refractivity contribution in [1.29, 1.82) is 0 Å². The molecule has 0 unspecified atom stereocenters. The highest BCUT2D eigenvalue weighted by Crippen LogP contribution is 2.11. The van der Waals surface area contributed by atoms with E-state index in [1.54, 1.807) is 10.8 Å². The highest BCUT2D eigenvalue weighted by atomic mass is 16.2. The van der Waals surface area contributed by atoms with Crippen molar-refractivity contribution in [1.82, 2.24) is 9.13 Å². The van der Waals surface area contributed by atoms with E-state index in [-0.39, 0.29) is 29.3 Å². The molecule has 0 N–H and O–H groups in total. The molecule has 1 heterocycles. The van der Waals surface area contributed by atoms with Crippen LogP contribution in [0.15, 0.2) is 15.8 Å². The summed E-state index contributed by atoms with van der Waals surface area (Å²) in [6.07, 6.45) is 1.71. The Kier molecular flexibility index (Phi) is 3.96. The molecule has 96 valence electrons. The van der Waals surface area contributed by atoms with Crippen LogP contribution in [0.25, 0.3) is 0 Å². The first-order valence-electron chi connectivity index (χ1n) is 6.15. The monoisotopic (exact) mass is 238 g/mol. The van der Waals surface area contributed by atoms with E-state index in [2.05, 4.69) is 0 Å². The van der Waals surface area contributed by atoms with E-state index in [9.17, 15) is 9.59 Å². The van der Waals surface area contributed by atoms with Crippen LogP contribution >= 0.6 is 0 Å². The lowest BCUT2D eigenvalue weighted by molar-refractivity contribution is 0.464. The second-order valence-corrected chi connectivity index (χ2v) is 5.29. The smallest absolute Gasteiger partial charge is 0.298 e. The summed E-state index contributed by atoms with van der Waals surface area (Å²) in [5, 5.41) is 0. The van der Waals surface area contributed by atoms with Gasteiger partial charge >= 0.3 is 5.69 Å². The van der Waals surface area contributed by atoms with Gasteiger partial charge in [-0.2, -0.15) is 0 Å². The topological polar surface area (TPSA) is 44.0 Å². The maximum Gasteiger partial charge on any atom is 0.331 e. The lowest BCUT2D eigenvalue weighted by Gasteiger charge is -2.18. The molecule has 0 saturated heterocycles. The normalized spacial score (nSPS) is 11.8. The summed E-state index contributed by atoms with van der Waals surface area (Å²) in [7, 11) is 0. The van der Waals surface area contributed by atoms with Crippen molar-refractivity contribution in [2.45, 2.75) is 59.5 Å². The van der Waals surface area contributed by atoms with Gasteiger partial charge in [0.15, 0.2) is 0 Å². The van der Waals surface area contributed by atoms with Crippen LogP contribution in [0.4, 0.5) is 0 Å². The minimum absolute atomic E-state index is 0.0607. The molecule has 0 atom stereocenters. The van der Waals surface area contributed by atoms with Gasteiger partial charge in [-0.15, -0.1) is 0 Å². The minimum Gasteiger partial charge on any atom is -0.298 e. The summed E-state index contributed by atoms with van der Waals surface area (Å²) < 4.78 is 2.98. The summed E-state index contributed by atoms with van der Waals surface area (Å²) in [4.78, 5) is 24.4. The predicted octanol–water partition coefficient (Wildman–Crippen LogP) is 2.30. The van der Waals surface area contributed by atoms with Gasteiger partial charge in [0, 0.05) is 23.8 Å². The number of hydrogen-bond donors (Lipinski definition) is 0. The zero-order valence-corrected chi connectivity index (χ0v) is 11.5. The molecule has 0 aliphatic carbocycles. The molecule has 1 rings (SSSR count). The lowest BCUT2D eigenvalue weighted by atomic mass is 10.1. The Labute approximate surface area is 102 Å². The van der Waals surface area contributed by atoms with Crippen molar-refractivity contribution < 1.29 is 0 Å². The van der Waals surface area contributed by atoms with Crippen molar-refractivity contribution >= 4 is 0 Å². The Morgan fingerprint density at radius 2 is 1.47 bits per heavy atom. The van der Waals surface area contributed by atoms with E-state index >= 15 is 0 Å². The highest BCUT2D eigenvalue weighted by Gasteiger charge is 2.16. The first kappa shape index (κ1) is 13.7. The fourth-order valence-corrected chi connectivity index (χ4v) is 1.83. The van der Waals surface area contributed by atoms with Crippen LogP contribution < -0.4 is 11.2 Å². The van der Waals surface area contributed by atoms with E-state index in [0.29, 0.717) is 5.56 Å². The lowest BCUT2D eigenvalue weighted by Crippen LogP contribution is -2.43. The van der Waals surface area contributed by atoms with Crippen molar-refractivity contribution in [3.63, 3.8) is 0 Å². The third-order valence-electron chi connectivity index (χ3n) is 2.87. The fourth-order valence-electron chi connectivity index (χ4n) is 1.83. The van der Waals surface area contributed by atoms with E-state index in [1.807, 2.05) is 41.5 Å². The molecule has 0 saturated carbocycles. The molecule has 0 radical (unpaired) electrons.